The van der Waals surface area contributed by atoms with Gasteiger partial charge in [0, 0.05) is 29.4 Å². The van der Waals surface area contributed by atoms with E-state index in [-0.39, 0.29) is 10.9 Å². The van der Waals surface area contributed by atoms with Crippen LogP contribution >= 0.6 is 22.9 Å². The first-order valence-electron chi connectivity index (χ1n) is 7.50. The van der Waals surface area contributed by atoms with Crippen molar-refractivity contribution in [2.24, 2.45) is 0 Å². The Hall–Kier alpha value is -2.72. The number of alkyl halides is 3. The van der Waals surface area contributed by atoms with Crippen LogP contribution in [0.25, 0.3) is 22.2 Å². The van der Waals surface area contributed by atoms with E-state index in [1.165, 1.54) is 6.07 Å². The van der Waals surface area contributed by atoms with Crippen LogP contribution in [0.15, 0.2) is 30.7 Å². The van der Waals surface area contributed by atoms with Gasteiger partial charge in [0.05, 0.1) is 17.4 Å². The zero-order valence-corrected chi connectivity index (χ0v) is 15.1. The molecule has 11 heteroatoms. The van der Waals surface area contributed by atoms with Crippen molar-refractivity contribution in [3.63, 3.8) is 0 Å². The van der Waals surface area contributed by atoms with Gasteiger partial charge in [-0.05, 0) is 13.0 Å². The number of nitrogens with one attached hydrogen (secondary N) is 1. The monoisotopic (exact) mass is 411 g/mol. The maximum atomic E-state index is 12.7. The highest BCUT2D eigenvalue weighted by molar-refractivity contribution is 7.13. The van der Waals surface area contributed by atoms with E-state index in [1.54, 1.807) is 25.4 Å². The van der Waals surface area contributed by atoms with Gasteiger partial charge in [-0.2, -0.15) is 18.2 Å². The quantitative estimate of drug-likeness (QED) is 0.466. The van der Waals surface area contributed by atoms with E-state index >= 15 is 0 Å². The molecule has 1 N–H and O–H groups in total. The second-order valence-electron chi connectivity index (χ2n) is 5.45. The average Bonchev–Trinajstić information content (AvgIpc) is 3.21. The Labute approximate surface area is 159 Å². The molecule has 0 aliphatic carbocycles. The number of hydrogen-bond acceptors (Lipinski definition) is 6. The lowest BCUT2D eigenvalue weighted by molar-refractivity contribution is -0.137. The molecular formula is C16H9ClF3N5OS. The topological polar surface area (TPSA) is 76.6 Å². The molecule has 138 valence electrons. The molecular weight excluding hydrogens is 403 g/mol. The summed E-state index contributed by atoms with van der Waals surface area (Å²) in [5.74, 6) is 0.488. The number of fused-ring (bicyclic) bond motifs is 1. The lowest BCUT2D eigenvalue weighted by Crippen LogP contribution is -2.02. The van der Waals surface area contributed by atoms with Crippen molar-refractivity contribution >= 4 is 33.8 Å². The SMILES string of the molecule is Cc1nc(Oc2cnc(C(F)(F)F)s2)cc(-c2c[nH]c3ccnc(Cl)c23)n1. The highest BCUT2D eigenvalue weighted by atomic mass is 35.5. The number of H-pyrrole nitrogens is 1. The van der Waals surface area contributed by atoms with Gasteiger partial charge in [0.1, 0.15) is 11.0 Å². The molecule has 0 atom stereocenters. The number of aryl methyl sites for hydroxylation is 1. The minimum Gasteiger partial charge on any atom is -0.426 e. The van der Waals surface area contributed by atoms with Crippen LogP contribution in [-0.2, 0) is 6.18 Å². The van der Waals surface area contributed by atoms with Crippen LogP contribution in [0, 0.1) is 6.92 Å². The summed E-state index contributed by atoms with van der Waals surface area (Å²) in [7, 11) is 0. The minimum absolute atomic E-state index is 0.0231. The number of thiazole rings is 1. The molecule has 0 saturated carbocycles. The molecule has 4 rings (SSSR count). The van der Waals surface area contributed by atoms with Gasteiger partial charge in [0.15, 0.2) is 0 Å². The second-order valence-corrected chi connectivity index (χ2v) is 6.80. The van der Waals surface area contributed by atoms with Gasteiger partial charge >= 0.3 is 6.18 Å². The Balaban J connectivity index is 1.72. The Bertz CT molecular complexity index is 1140. The fourth-order valence-corrected chi connectivity index (χ4v) is 3.41. The highest BCUT2D eigenvalue weighted by Crippen LogP contribution is 2.38. The zero-order valence-electron chi connectivity index (χ0n) is 13.5. The van der Waals surface area contributed by atoms with Gasteiger partial charge < -0.3 is 9.72 Å². The third-order valence-electron chi connectivity index (χ3n) is 3.57. The fourth-order valence-electron chi connectivity index (χ4n) is 2.51. The van der Waals surface area contributed by atoms with Crippen LogP contribution in [0.1, 0.15) is 10.8 Å². The van der Waals surface area contributed by atoms with E-state index in [0.29, 0.717) is 39.0 Å². The van der Waals surface area contributed by atoms with Crippen LogP contribution in [0.4, 0.5) is 13.2 Å². The van der Waals surface area contributed by atoms with Gasteiger partial charge in [0.25, 0.3) is 0 Å². The van der Waals surface area contributed by atoms with Gasteiger partial charge in [-0.1, -0.05) is 22.9 Å². The van der Waals surface area contributed by atoms with Crippen molar-refractivity contribution in [2.45, 2.75) is 13.1 Å². The van der Waals surface area contributed by atoms with Crippen molar-refractivity contribution in [1.29, 1.82) is 0 Å². The number of aromatic amines is 1. The molecule has 6 nitrogen and oxygen atoms in total. The number of rotatable bonds is 3. The lowest BCUT2D eigenvalue weighted by Gasteiger charge is -2.06. The Morgan fingerprint density at radius 3 is 2.78 bits per heavy atom. The zero-order chi connectivity index (χ0) is 19.2. The summed E-state index contributed by atoms with van der Waals surface area (Å²) in [6.45, 7) is 1.65. The molecule has 0 fully saturated rings. The molecule has 0 spiro atoms. The first-order chi connectivity index (χ1) is 12.8. The third-order valence-corrected chi connectivity index (χ3v) is 4.78. The summed E-state index contributed by atoms with van der Waals surface area (Å²) in [6.07, 6.45) is -0.213. The maximum absolute atomic E-state index is 12.7. The van der Waals surface area contributed by atoms with E-state index in [1.807, 2.05) is 0 Å². The molecule has 0 amide bonds. The molecule has 0 bridgehead atoms. The van der Waals surface area contributed by atoms with Gasteiger partial charge in [0.2, 0.25) is 16.0 Å². The lowest BCUT2D eigenvalue weighted by atomic mass is 10.1. The van der Waals surface area contributed by atoms with Crippen molar-refractivity contribution in [2.75, 3.05) is 0 Å². The predicted octanol–water partition coefficient (Wildman–Crippen LogP) is 5.25. The third kappa shape index (κ3) is 3.45. The number of ether oxygens (including phenoxy) is 1. The normalized spacial score (nSPS) is 11.9. The number of nitrogens with zero attached hydrogens (tertiary/aromatic N) is 4. The number of hydrogen-bond donors (Lipinski definition) is 1. The van der Waals surface area contributed by atoms with Crippen LogP contribution in [0.2, 0.25) is 5.15 Å². The molecule has 4 heterocycles. The van der Waals surface area contributed by atoms with Crippen LogP contribution in [-0.4, -0.2) is 24.9 Å². The highest BCUT2D eigenvalue weighted by Gasteiger charge is 2.35. The minimum atomic E-state index is -4.52. The van der Waals surface area contributed by atoms with Crippen LogP contribution in [0.3, 0.4) is 0 Å². The van der Waals surface area contributed by atoms with Gasteiger partial charge in [-0.25, -0.2) is 15.0 Å². The standard InChI is InChI=1S/C16H9ClF3N5OS/c1-7-24-10(8-5-22-9-2-3-21-14(17)13(8)9)4-11(25-7)26-12-6-23-15(27-12)16(18,19)20/h2-6,22H,1H3. The molecule has 0 aliphatic heterocycles. The van der Waals surface area contributed by atoms with E-state index in [0.717, 1.165) is 11.7 Å². The van der Waals surface area contributed by atoms with E-state index in [9.17, 15) is 13.2 Å². The summed E-state index contributed by atoms with van der Waals surface area (Å²) >= 11 is 6.58. The van der Waals surface area contributed by atoms with Crippen molar-refractivity contribution in [1.82, 2.24) is 24.9 Å². The van der Waals surface area contributed by atoms with Crippen molar-refractivity contribution in [3.05, 3.63) is 46.7 Å². The predicted molar refractivity (Wildman–Crippen MR) is 94.1 cm³/mol. The second kappa shape index (κ2) is 6.46. The molecule has 0 aliphatic rings. The Kier molecular flexibility index (Phi) is 4.23. The molecule has 0 aromatic carbocycles. The van der Waals surface area contributed by atoms with Crippen LogP contribution in [0.5, 0.6) is 10.9 Å². The Morgan fingerprint density at radius 2 is 2.04 bits per heavy atom. The average molecular weight is 412 g/mol. The van der Waals surface area contributed by atoms with Crippen molar-refractivity contribution < 1.29 is 17.9 Å². The number of pyridine rings is 1. The van der Waals surface area contributed by atoms with Crippen molar-refractivity contribution in [3.8, 4) is 22.2 Å². The summed E-state index contributed by atoms with van der Waals surface area (Å²) in [5.41, 5.74) is 1.96. The molecule has 4 aromatic heterocycles. The number of halogens is 4. The van der Waals surface area contributed by atoms with E-state index < -0.39 is 11.2 Å². The van der Waals surface area contributed by atoms with E-state index in [2.05, 4.69) is 24.9 Å². The first kappa shape index (κ1) is 17.7. The largest absolute Gasteiger partial charge is 0.443 e. The number of aromatic nitrogens is 5. The summed E-state index contributed by atoms with van der Waals surface area (Å²) < 4.78 is 43.5. The summed E-state index contributed by atoms with van der Waals surface area (Å²) in [6, 6.07) is 3.29. The fraction of sp³-hybridized carbons (Fsp3) is 0.125. The van der Waals surface area contributed by atoms with Crippen LogP contribution < -0.4 is 4.74 Å². The molecule has 0 saturated heterocycles. The van der Waals surface area contributed by atoms with E-state index in [4.69, 9.17) is 16.3 Å². The molecule has 0 unspecified atom stereocenters. The first-order valence-corrected chi connectivity index (χ1v) is 8.69. The van der Waals surface area contributed by atoms with Gasteiger partial charge in [-0.15, -0.1) is 0 Å². The van der Waals surface area contributed by atoms with Gasteiger partial charge in [-0.3, -0.25) is 0 Å². The maximum Gasteiger partial charge on any atom is 0.443 e. The summed E-state index contributed by atoms with van der Waals surface area (Å²) in [5, 5.41) is -0.0249. The molecule has 4 aromatic rings. The summed E-state index contributed by atoms with van der Waals surface area (Å²) in [4.78, 5) is 18.9. The molecule has 27 heavy (non-hydrogen) atoms. The molecule has 0 radical (unpaired) electrons. The Morgan fingerprint density at radius 1 is 1.22 bits per heavy atom. The smallest absolute Gasteiger partial charge is 0.426 e.